The fraction of sp³-hybridized carbons (Fsp3) is 0.438. The molecule has 1 aliphatic heterocycles. The summed E-state index contributed by atoms with van der Waals surface area (Å²) in [7, 11) is 0. The third-order valence-corrected chi connectivity index (χ3v) is 8.02. The maximum absolute atomic E-state index is 14.2. The van der Waals surface area contributed by atoms with Crippen molar-refractivity contribution in [3.05, 3.63) is 95.3 Å². The molecule has 0 radical (unpaired) electrons. The largest absolute Gasteiger partial charge is 0.365 e. The van der Waals surface area contributed by atoms with Crippen LogP contribution >= 0.6 is 0 Å². The van der Waals surface area contributed by atoms with Gasteiger partial charge >= 0.3 is 6.03 Å². The smallest absolute Gasteiger partial charge is 0.322 e. The summed E-state index contributed by atoms with van der Waals surface area (Å²) in [5.41, 5.74) is 5.21. The predicted molar refractivity (Wildman–Crippen MR) is 149 cm³/mol. The molecule has 3 aromatic rings. The van der Waals surface area contributed by atoms with E-state index in [1.807, 2.05) is 35.4 Å². The van der Waals surface area contributed by atoms with Gasteiger partial charge in [-0.1, -0.05) is 87.7 Å². The molecule has 1 aromatic heterocycles. The second-order valence-electron chi connectivity index (χ2n) is 11.1. The number of anilines is 1. The SMILES string of the molecule is CC(C)c1cccc(C2OC2C)c1NC(=O)N(Cc1ccccc1)CC1(c2ccccn2)CCCCC1. The Hall–Kier alpha value is -3.18. The number of nitrogens with zero attached hydrogens (tertiary/aromatic N) is 2. The van der Waals surface area contributed by atoms with Gasteiger partial charge in [-0.25, -0.2) is 4.79 Å². The van der Waals surface area contributed by atoms with E-state index in [0.717, 1.165) is 53.8 Å². The zero-order valence-corrected chi connectivity index (χ0v) is 22.3. The number of hydrogen-bond donors (Lipinski definition) is 1. The number of benzene rings is 2. The van der Waals surface area contributed by atoms with Gasteiger partial charge < -0.3 is 15.0 Å². The van der Waals surface area contributed by atoms with Gasteiger partial charge in [0.15, 0.2) is 0 Å². The van der Waals surface area contributed by atoms with E-state index in [-0.39, 0.29) is 29.6 Å². The maximum Gasteiger partial charge on any atom is 0.322 e. The summed E-state index contributed by atoms with van der Waals surface area (Å²) in [5.74, 6) is 0.282. The Bertz CT molecular complexity index is 1190. The Balaban J connectivity index is 1.49. The lowest BCUT2D eigenvalue weighted by Gasteiger charge is -2.41. The van der Waals surface area contributed by atoms with E-state index in [1.165, 1.54) is 6.42 Å². The molecule has 5 heteroatoms. The molecule has 2 aliphatic rings. The number of epoxide rings is 1. The average Bonchev–Trinajstić information content (AvgIpc) is 3.66. The van der Waals surface area contributed by atoms with Crippen LogP contribution < -0.4 is 5.32 Å². The minimum absolute atomic E-state index is 0.0368. The van der Waals surface area contributed by atoms with Gasteiger partial charge in [0.2, 0.25) is 0 Å². The third kappa shape index (κ3) is 5.72. The number of ether oxygens (including phenoxy) is 1. The number of hydrogen-bond acceptors (Lipinski definition) is 3. The van der Waals surface area contributed by atoms with Crippen molar-refractivity contribution in [2.75, 3.05) is 11.9 Å². The van der Waals surface area contributed by atoms with E-state index in [0.29, 0.717) is 13.1 Å². The predicted octanol–water partition coefficient (Wildman–Crippen LogP) is 7.60. The fourth-order valence-corrected chi connectivity index (χ4v) is 5.92. The van der Waals surface area contributed by atoms with Crippen LogP contribution in [0.1, 0.15) is 87.3 Å². The lowest BCUT2D eigenvalue weighted by atomic mass is 9.71. The van der Waals surface area contributed by atoms with Crippen LogP contribution in [0.3, 0.4) is 0 Å². The molecular formula is C32H39N3O2. The topological polar surface area (TPSA) is 57.8 Å². The van der Waals surface area contributed by atoms with E-state index >= 15 is 0 Å². The minimum atomic E-state index is -0.139. The van der Waals surface area contributed by atoms with Gasteiger partial charge in [0.1, 0.15) is 6.10 Å². The standard InChI is InChI=1S/C32H39N3O2/c1-23(2)26-15-12-16-27(30-24(3)37-30)29(26)34-31(36)35(21-25-13-6-4-7-14-25)22-32(18-9-5-10-19-32)28-17-8-11-20-33-28/h4,6-8,11-17,20,23-24,30H,5,9-10,18-19,21-22H2,1-3H3,(H,34,36). The zero-order chi connectivity index (χ0) is 25.8. The number of carbonyl (C=O) groups excluding carboxylic acids is 1. The van der Waals surface area contributed by atoms with Crippen molar-refractivity contribution in [2.45, 2.75) is 83.0 Å². The number of amides is 2. The summed E-state index contributed by atoms with van der Waals surface area (Å²) in [4.78, 5) is 21.0. The number of rotatable bonds is 8. The van der Waals surface area contributed by atoms with Crippen molar-refractivity contribution < 1.29 is 9.53 Å². The molecule has 5 nitrogen and oxygen atoms in total. The molecule has 2 heterocycles. The monoisotopic (exact) mass is 497 g/mol. The molecular weight excluding hydrogens is 458 g/mol. The first-order valence-corrected chi connectivity index (χ1v) is 13.8. The Kier molecular flexibility index (Phi) is 7.61. The van der Waals surface area contributed by atoms with Crippen molar-refractivity contribution in [1.82, 2.24) is 9.88 Å². The van der Waals surface area contributed by atoms with Gasteiger partial charge in [-0.15, -0.1) is 0 Å². The van der Waals surface area contributed by atoms with Crippen molar-refractivity contribution in [2.24, 2.45) is 0 Å². The fourth-order valence-electron chi connectivity index (χ4n) is 5.92. The normalized spacial score (nSPS) is 20.4. The molecule has 0 bridgehead atoms. The van der Waals surface area contributed by atoms with E-state index in [9.17, 15) is 4.79 Å². The highest BCUT2D eigenvalue weighted by Crippen LogP contribution is 2.44. The molecule has 2 fully saturated rings. The lowest BCUT2D eigenvalue weighted by Crippen LogP contribution is -2.46. The van der Waals surface area contributed by atoms with E-state index in [4.69, 9.17) is 9.72 Å². The first-order chi connectivity index (χ1) is 18.0. The molecule has 1 saturated carbocycles. The van der Waals surface area contributed by atoms with Crippen LogP contribution in [0.2, 0.25) is 0 Å². The zero-order valence-electron chi connectivity index (χ0n) is 22.3. The lowest BCUT2D eigenvalue weighted by molar-refractivity contribution is 0.167. The third-order valence-electron chi connectivity index (χ3n) is 8.02. The van der Waals surface area contributed by atoms with E-state index in [1.54, 1.807) is 0 Å². The Labute approximate surface area is 221 Å². The minimum Gasteiger partial charge on any atom is -0.365 e. The number of carbonyl (C=O) groups is 1. The van der Waals surface area contributed by atoms with Crippen LogP contribution in [-0.4, -0.2) is 28.6 Å². The summed E-state index contributed by atoms with van der Waals surface area (Å²) in [6, 6.07) is 22.7. The van der Waals surface area contributed by atoms with Gasteiger partial charge in [-0.05, 0) is 48.9 Å². The van der Waals surface area contributed by atoms with E-state index < -0.39 is 0 Å². The highest BCUT2D eigenvalue weighted by atomic mass is 16.6. The summed E-state index contributed by atoms with van der Waals surface area (Å²) >= 11 is 0. The molecule has 2 atom stereocenters. The molecule has 0 spiro atoms. The molecule has 1 saturated heterocycles. The molecule has 1 N–H and O–H groups in total. The number of aromatic nitrogens is 1. The van der Waals surface area contributed by atoms with Gasteiger partial charge in [0.25, 0.3) is 0 Å². The maximum atomic E-state index is 14.2. The molecule has 2 aromatic carbocycles. The number of nitrogens with one attached hydrogen (secondary N) is 1. The Morgan fingerprint density at radius 2 is 1.76 bits per heavy atom. The number of pyridine rings is 1. The second kappa shape index (κ2) is 11.1. The van der Waals surface area contributed by atoms with Crippen molar-refractivity contribution >= 4 is 11.7 Å². The summed E-state index contributed by atoms with van der Waals surface area (Å²) < 4.78 is 5.84. The second-order valence-corrected chi connectivity index (χ2v) is 11.1. The van der Waals surface area contributed by atoms with Crippen LogP contribution in [0.15, 0.2) is 72.9 Å². The van der Waals surface area contributed by atoms with Crippen LogP contribution in [0, 0.1) is 0 Å². The van der Waals surface area contributed by atoms with Crippen molar-refractivity contribution in [3.63, 3.8) is 0 Å². The first-order valence-electron chi connectivity index (χ1n) is 13.8. The van der Waals surface area contributed by atoms with Crippen molar-refractivity contribution in [1.29, 1.82) is 0 Å². The van der Waals surface area contributed by atoms with Gasteiger partial charge in [0.05, 0.1) is 11.8 Å². The highest BCUT2D eigenvalue weighted by Gasteiger charge is 2.40. The number of urea groups is 1. The summed E-state index contributed by atoms with van der Waals surface area (Å²) in [5, 5.41) is 3.37. The summed E-state index contributed by atoms with van der Waals surface area (Å²) in [6.07, 6.45) is 7.75. The van der Waals surface area contributed by atoms with Crippen LogP contribution in [0.4, 0.5) is 10.5 Å². The quantitative estimate of drug-likeness (QED) is 0.326. The summed E-state index contributed by atoms with van der Waals surface area (Å²) in [6.45, 7) is 7.62. The average molecular weight is 498 g/mol. The van der Waals surface area contributed by atoms with Crippen LogP contribution in [-0.2, 0) is 16.7 Å². The molecule has 5 rings (SSSR count). The highest BCUT2D eigenvalue weighted by molar-refractivity contribution is 5.91. The molecule has 2 amide bonds. The van der Waals surface area contributed by atoms with Crippen LogP contribution in [0.25, 0.3) is 0 Å². The van der Waals surface area contributed by atoms with Gasteiger partial charge in [-0.2, -0.15) is 0 Å². The van der Waals surface area contributed by atoms with Gasteiger partial charge in [0, 0.05) is 36.0 Å². The Morgan fingerprint density at radius 1 is 1.03 bits per heavy atom. The van der Waals surface area contributed by atoms with Crippen LogP contribution in [0.5, 0.6) is 0 Å². The van der Waals surface area contributed by atoms with E-state index in [2.05, 4.69) is 68.6 Å². The molecule has 2 unspecified atom stereocenters. The Morgan fingerprint density at radius 3 is 2.41 bits per heavy atom. The molecule has 194 valence electrons. The van der Waals surface area contributed by atoms with Gasteiger partial charge in [-0.3, -0.25) is 4.98 Å². The molecule has 1 aliphatic carbocycles. The first kappa shape index (κ1) is 25.5. The van der Waals surface area contributed by atoms with Crippen molar-refractivity contribution in [3.8, 4) is 0 Å². The molecule has 37 heavy (non-hydrogen) atoms. The number of para-hydroxylation sites is 1.